The van der Waals surface area contributed by atoms with E-state index in [9.17, 15) is 4.79 Å². The lowest BCUT2D eigenvalue weighted by atomic mass is 9.96. The molecular formula is C14H27N3O. The van der Waals surface area contributed by atoms with E-state index in [2.05, 4.69) is 17.3 Å². The van der Waals surface area contributed by atoms with E-state index in [0.29, 0.717) is 6.04 Å². The summed E-state index contributed by atoms with van der Waals surface area (Å²) in [5.41, 5.74) is 5.16. The Bertz CT molecular complexity index is 301. The third-order valence-electron chi connectivity index (χ3n) is 4.95. The molecule has 2 rings (SSSR count). The maximum Gasteiger partial charge on any atom is 0.237 e. The van der Waals surface area contributed by atoms with Crippen LogP contribution in [-0.2, 0) is 4.79 Å². The van der Waals surface area contributed by atoms with Crippen LogP contribution in [0.1, 0.15) is 51.9 Å². The Morgan fingerprint density at radius 3 is 2.56 bits per heavy atom. The lowest BCUT2D eigenvalue weighted by Gasteiger charge is -2.32. The molecule has 0 aromatic carbocycles. The van der Waals surface area contributed by atoms with Crippen LogP contribution in [0.15, 0.2) is 0 Å². The molecule has 3 N–H and O–H groups in total. The molecule has 0 aromatic rings. The quantitative estimate of drug-likeness (QED) is 0.775. The van der Waals surface area contributed by atoms with Crippen molar-refractivity contribution in [2.24, 2.45) is 5.73 Å². The van der Waals surface area contributed by atoms with Gasteiger partial charge in [-0.1, -0.05) is 19.8 Å². The van der Waals surface area contributed by atoms with Crippen LogP contribution in [0.2, 0.25) is 0 Å². The lowest BCUT2D eigenvalue weighted by Crippen LogP contribution is -2.54. The highest BCUT2D eigenvalue weighted by atomic mass is 16.1. The highest BCUT2D eigenvalue weighted by Crippen LogP contribution is 2.35. The SMILES string of the molecule is CCNC1(C(N)=O)CCC(N(C)C2CCCC2)C1. The number of amides is 1. The summed E-state index contributed by atoms with van der Waals surface area (Å²) in [5.74, 6) is -0.174. The molecule has 2 aliphatic carbocycles. The Balaban J connectivity index is 1.99. The van der Waals surface area contributed by atoms with Crippen molar-refractivity contribution in [3.63, 3.8) is 0 Å². The second-order valence-electron chi connectivity index (χ2n) is 5.98. The van der Waals surface area contributed by atoms with E-state index in [1.165, 1.54) is 25.7 Å². The number of nitrogens with one attached hydrogen (secondary N) is 1. The number of likely N-dealkylation sites (N-methyl/N-ethyl adjacent to an activating group) is 1. The van der Waals surface area contributed by atoms with Crippen molar-refractivity contribution in [3.8, 4) is 0 Å². The minimum Gasteiger partial charge on any atom is -0.368 e. The molecule has 1 amide bonds. The van der Waals surface area contributed by atoms with E-state index >= 15 is 0 Å². The largest absolute Gasteiger partial charge is 0.368 e. The first-order chi connectivity index (χ1) is 8.59. The summed E-state index contributed by atoms with van der Waals surface area (Å²) in [4.78, 5) is 14.3. The molecule has 0 saturated heterocycles. The molecule has 0 aliphatic heterocycles. The summed E-state index contributed by atoms with van der Waals surface area (Å²) in [6.07, 6.45) is 8.20. The van der Waals surface area contributed by atoms with Crippen molar-refractivity contribution in [2.75, 3.05) is 13.6 Å². The number of carbonyl (C=O) groups excluding carboxylic acids is 1. The van der Waals surface area contributed by atoms with Crippen molar-refractivity contribution in [1.82, 2.24) is 10.2 Å². The summed E-state index contributed by atoms with van der Waals surface area (Å²) in [7, 11) is 2.23. The zero-order chi connectivity index (χ0) is 13.2. The van der Waals surface area contributed by atoms with Crippen LogP contribution >= 0.6 is 0 Å². The van der Waals surface area contributed by atoms with Gasteiger partial charge < -0.3 is 16.0 Å². The highest BCUT2D eigenvalue weighted by molar-refractivity contribution is 5.85. The van der Waals surface area contributed by atoms with Gasteiger partial charge in [0.1, 0.15) is 0 Å². The number of rotatable bonds is 5. The molecule has 18 heavy (non-hydrogen) atoms. The van der Waals surface area contributed by atoms with Gasteiger partial charge in [-0.05, 0) is 45.7 Å². The average molecular weight is 253 g/mol. The molecule has 0 radical (unpaired) electrons. The fourth-order valence-electron chi connectivity index (χ4n) is 3.79. The molecular weight excluding hydrogens is 226 g/mol. The Kier molecular flexibility index (Phi) is 4.28. The number of carbonyl (C=O) groups is 1. The van der Waals surface area contributed by atoms with Gasteiger partial charge in [0.05, 0.1) is 5.54 Å². The zero-order valence-corrected chi connectivity index (χ0v) is 11.7. The molecule has 2 unspecified atom stereocenters. The summed E-state index contributed by atoms with van der Waals surface area (Å²) < 4.78 is 0. The Morgan fingerprint density at radius 2 is 2.00 bits per heavy atom. The maximum atomic E-state index is 11.7. The standard InChI is InChI=1S/C14H27N3O/c1-3-16-14(13(15)18)9-8-12(10-14)17(2)11-6-4-5-7-11/h11-12,16H,3-10H2,1-2H3,(H2,15,18). The number of primary amides is 1. The van der Waals surface area contributed by atoms with Gasteiger partial charge in [0, 0.05) is 12.1 Å². The topological polar surface area (TPSA) is 58.4 Å². The van der Waals surface area contributed by atoms with E-state index in [0.717, 1.165) is 31.8 Å². The first-order valence-corrected chi connectivity index (χ1v) is 7.36. The normalized spacial score (nSPS) is 33.4. The van der Waals surface area contributed by atoms with Gasteiger partial charge in [0.25, 0.3) is 0 Å². The number of nitrogens with two attached hydrogens (primary N) is 1. The van der Waals surface area contributed by atoms with Gasteiger partial charge >= 0.3 is 0 Å². The van der Waals surface area contributed by atoms with Crippen molar-refractivity contribution in [3.05, 3.63) is 0 Å². The van der Waals surface area contributed by atoms with E-state index in [1.807, 2.05) is 6.92 Å². The number of hydrogen-bond acceptors (Lipinski definition) is 3. The van der Waals surface area contributed by atoms with E-state index in [1.54, 1.807) is 0 Å². The van der Waals surface area contributed by atoms with Crippen molar-refractivity contribution < 1.29 is 4.79 Å². The highest BCUT2D eigenvalue weighted by Gasteiger charge is 2.45. The summed E-state index contributed by atoms with van der Waals surface area (Å²) >= 11 is 0. The fraction of sp³-hybridized carbons (Fsp3) is 0.929. The smallest absolute Gasteiger partial charge is 0.237 e. The predicted molar refractivity (Wildman–Crippen MR) is 73.3 cm³/mol. The van der Waals surface area contributed by atoms with E-state index in [-0.39, 0.29) is 5.91 Å². The molecule has 2 fully saturated rings. The summed E-state index contributed by atoms with van der Waals surface area (Å²) in [5, 5.41) is 3.33. The summed E-state index contributed by atoms with van der Waals surface area (Å²) in [6, 6.07) is 1.24. The van der Waals surface area contributed by atoms with Gasteiger partial charge in [-0.3, -0.25) is 4.79 Å². The second-order valence-corrected chi connectivity index (χ2v) is 5.98. The minimum atomic E-state index is -0.452. The van der Waals surface area contributed by atoms with Crippen LogP contribution < -0.4 is 11.1 Å². The monoisotopic (exact) mass is 253 g/mol. The van der Waals surface area contributed by atoms with Crippen LogP contribution in [-0.4, -0.2) is 42.0 Å². The zero-order valence-electron chi connectivity index (χ0n) is 11.7. The molecule has 2 atom stereocenters. The van der Waals surface area contributed by atoms with E-state index in [4.69, 9.17) is 5.73 Å². The molecule has 0 bridgehead atoms. The Labute approximate surface area is 110 Å². The fourth-order valence-corrected chi connectivity index (χ4v) is 3.79. The molecule has 0 heterocycles. The first-order valence-electron chi connectivity index (χ1n) is 7.36. The van der Waals surface area contributed by atoms with Crippen molar-refractivity contribution in [1.29, 1.82) is 0 Å². The molecule has 4 nitrogen and oxygen atoms in total. The molecule has 4 heteroatoms. The van der Waals surface area contributed by atoms with Crippen molar-refractivity contribution >= 4 is 5.91 Å². The third-order valence-corrected chi connectivity index (χ3v) is 4.95. The third kappa shape index (κ3) is 2.54. The molecule has 2 saturated carbocycles. The lowest BCUT2D eigenvalue weighted by molar-refractivity contribution is -0.124. The van der Waals surface area contributed by atoms with Crippen LogP contribution in [0.5, 0.6) is 0 Å². The minimum absolute atomic E-state index is 0.174. The maximum absolute atomic E-state index is 11.7. The number of nitrogens with zero attached hydrogens (tertiary/aromatic N) is 1. The van der Waals surface area contributed by atoms with Gasteiger partial charge in [-0.2, -0.15) is 0 Å². The summed E-state index contributed by atoms with van der Waals surface area (Å²) in [6.45, 7) is 2.85. The van der Waals surface area contributed by atoms with Crippen LogP contribution in [0, 0.1) is 0 Å². The van der Waals surface area contributed by atoms with Gasteiger partial charge in [0.15, 0.2) is 0 Å². The molecule has 0 spiro atoms. The predicted octanol–water partition coefficient (Wildman–Crippen LogP) is 1.25. The molecule has 2 aliphatic rings. The van der Waals surface area contributed by atoms with Gasteiger partial charge in [-0.15, -0.1) is 0 Å². The van der Waals surface area contributed by atoms with Gasteiger partial charge in [0.2, 0.25) is 5.91 Å². The van der Waals surface area contributed by atoms with Crippen LogP contribution in [0.3, 0.4) is 0 Å². The first kappa shape index (κ1) is 13.8. The second kappa shape index (κ2) is 5.57. The average Bonchev–Trinajstić information content (AvgIpc) is 2.98. The van der Waals surface area contributed by atoms with Crippen LogP contribution in [0.4, 0.5) is 0 Å². The van der Waals surface area contributed by atoms with Crippen molar-refractivity contribution in [2.45, 2.75) is 69.5 Å². The molecule has 0 aromatic heterocycles. The Hall–Kier alpha value is -0.610. The molecule has 104 valence electrons. The van der Waals surface area contributed by atoms with E-state index < -0.39 is 5.54 Å². The number of hydrogen-bond donors (Lipinski definition) is 2. The van der Waals surface area contributed by atoms with Gasteiger partial charge in [-0.25, -0.2) is 0 Å². The van der Waals surface area contributed by atoms with Crippen LogP contribution in [0.25, 0.3) is 0 Å². The Morgan fingerprint density at radius 1 is 1.33 bits per heavy atom.